The molecule has 216 valence electrons. The Morgan fingerprint density at radius 3 is 0.371 bits per heavy atom. The molecule has 13 heteroatoms. The van der Waals surface area contributed by atoms with Crippen LogP contribution in [-0.2, 0) is 20.6 Å². The van der Waals surface area contributed by atoms with Crippen molar-refractivity contribution in [1.29, 1.82) is 0 Å². The Morgan fingerprint density at radius 2 is 0.314 bits per heavy atom. The van der Waals surface area contributed by atoms with E-state index in [4.69, 9.17) is 20.6 Å². The first-order valence-electron chi connectivity index (χ1n) is 13.0. The molecule has 0 rings (SSSR count). The Labute approximate surface area is 230 Å². The second-order valence-corrected chi connectivity index (χ2v) is 51.0. The molecule has 0 fully saturated rings. The normalized spacial score (nSPS) is 14.6. The number of hydrogen-bond acceptors (Lipinski definition) is 5. The fraction of sp³-hybridized carbons (Fsp3) is 1.00. The fourth-order valence-electron chi connectivity index (χ4n) is 3.91. The maximum atomic E-state index is 6.09. The molecule has 0 unspecified atom stereocenters. The average molecular weight is 635 g/mol. The predicted molar refractivity (Wildman–Crippen MR) is 180 cm³/mol. The van der Waals surface area contributed by atoms with E-state index in [1.54, 1.807) is 0 Å². The lowest BCUT2D eigenvalue weighted by atomic mass is 11.8. The van der Waals surface area contributed by atoms with E-state index in [-0.39, 0.29) is 0 Å². The van der Waals surface area contributed by atoms with Crippen molar-refractivity contribution in [3.8, 4) is 0 Å². The monoisotopic (exact) mass is 634 g/mol. The molecule has 0 radical (unpaired) electrons. The van der Waals surface area contributed by atoms with E-state index in [0.717, 1.165) is 0 Å². The number of hydrogen-bond donors (Lipinski definition) is 0. The largest absolute Gasteiger partial charge is 0.456 e. The minimum Gasteiger partial charge on any atom is -0.456 e. The Bertz CT molecular complexity index is 500. The van der Waals surface area contributed by atoms with Gasteiger partial charge in [0.1, 0.15) is 0 Å². The molecule has 0 saturated carbocycles. The fourth-order valence-corrected chi connectivity index (χ4v) is 35.9. The Kier molecular flexibility index (Phi) is 16.7. The SMILES string of the molecule is C[Si](C)(C)O[Si](C)(C)C.C[Si](C)(C)O[Si](C)(C)O[Si](C)(C)C.C[Si](C)(C)O[Si](C)(C)O[Si](C)(C)C. The summed E-state index contributed by atoms with van der Waals surface area (Å²) in [5.74, 6) is 0. The highest BCUT2D eigenvalue weighted by atomic mass is 28.5. The maximum Gasteiger partial charge on any atom is 0.311 e. The highest BCUT2D eigenvalue weighted by molar-refractivity contribution is 6.88. The summed E-state index contributed by atoms with van der Waals surface area (Å²) in [7, 11) is -11.9. The molecule has 0 aromatic rings. The number of rotatable bonds is 10. The van der Waals surface area contributed by atoms with Crippen LogP contribution in [0.5, 0.6) is 0 Å². The van der Waals surface area contributed by atoms with E-state index in [0.29, 0.717) is 0 Å². The van der Waals surface area contributed by atoms with Crippen molar-refractivity contribution in [1.82, 2.24) is 0 Å². The molecule has 35 heavy (non-hydrogen) atoms. The summed E-state index contributed by atoms with van der Waals surface area (Å²) >= 11 is 0. The third-order valence-corrected chi connectivity index (χ3v) is 25.4. The van der Waals surface area contributed by atoms with Gasteiger partial charge in [0, 0.05) is 0 Å². The summed E-state index contributed by atoms with van der Waals surface area (Å²) < 4.78 is 30.3. The predicted octanol–water partition coefficient (Wildman–Crippen LogP) is 9.46. The summed E-state index contributed by atoms with van der Waals surface area (Å²) in [5.41, 5.74) is 0. The summed E-state index contributed by atoms with van der Waals surface area (Å²) in [5, 5.41) is 0. The zero-order valence-electron chi connectivity index (χ0n) is 28.0. The van der Waals surface area contributed by atoms with E-state index in [2.05, 4.69) is 144 Å². The topological polar surface area (TPSA) is 46.2 Å². The molecule has 0 aliphatic rings. The molecule has 0 saturated heterocycles. The molecule has 0 bridgehead atoms. The van der Waals surface area contributed by atoms with Crippen LogP contribution >= 0.6 is 0 Å². The average Bonchev–Trinajstić information content (AvgIpc) is 2.19. The summed E-state index contributed by atoms with van der Waals surface area (Å²) in [4.78, 5) is 0. The second kappa shape index (κ2) is 14.3. The standard InChI is InChI=1S/2C8H24O2Si3.C6H18OSi2/c2*1-11(2,3)9-13(7,8)10-12(4,5)6;1-8(2,3)7-9(4,5)6/h2*1-8H3;1-6H3. The molecule has 0 amide bonds. The van der Waals surface area contributed by atoms with Gasteiger partial charge in [0.05, 0.1) is 0 Å². The van der Waals surface area contributed by atoms with Gasteiger partial charge in [-0.1, -0.05) is 0 Å². The van der Waals surface area contributed by atoms with E-state index < -0.39 is 67.0 Å². The summed E-state index contributed by atoms with van der Waals surface area (Å²) in [6, 6.07) is 0. The van der Waals surface area contributed by atoms with Crippen molar-refractivity contribution in [3.63, 3.8) is 0 Å². The zero-order valence-corrected chi connectivity index (χ0v) is 36.0. The Balaban J connectivity index is -0.000000448. The van der Waals surface area contributed by atoms with E-state index >= 15 is 0 Å². The van der Waals surface area contributed by atoms with Crippen molar-refractivity contribution in [2.75, 3.05) is 0 Å². The van der Waals surface area contributed by atoms with Gasteiger partial charge in [-0.25, -0.2) is 0 Å². The van der Waals surface area contributed by atoms with Gasteiger partial charge < -0.3 is 20.6 Å². The van der Waals surface area contributed by atoms with E-state index in [1.165, 1.54) is 0 Å². The molecule has 0 aromatic heterocycles. The molecular formula is C22H66O5Si8. The van der Waals surface area contributed by atoms with Gasteiger partial charge in [-0.15, -0.1) is 0 Å². The highest BCUT2D eigenvalue weighted by Crippen LogP contribution is 2.21. The van der Waals surface area contributed by atoms with Crippen LogP contribution in [0.2, 0.25) is 144 Å². The van der Waals surface area contributed by atoms with Crippen LogP contribution in [0.3, 0.4) is 0 Å². The van der Waals surface area contributed by atoms with Crippen LogP contribution in [0.1, 0.15) is 0 Å². The lowest BCUT2D eigenvalue weighted by Gasteiger charge is -2.35. The lowest BCUT2D eigenvalue weighted by molar-refractivity contribution is 0.394. The minimum absolute atomic E-state index is 1.23. The van der Waals surface area contributed by atoms with Crippen LogP contribution in [0.4, 0.5) is 0 Å². The zero-order chi connectivity index (χ0) is 29.5. The van der Waals surface area contributed by atoms with Gasteiger partial charge >= 0.3 is 17.1 Å². The first-order valence-corrected chi connectivity index (χ1v) is 39.1. The van der Waals surface area contributed by atoms with Gasteiger partial charge in [-0.2, -0.15) is 0 Å². The second-order valence-electron chi connectivity index (χ2n) is 16.0. The summed E-state index contributed by atoms with van der Waals surface area (Å²) in [6.45, 7) is 48.7. The van der Waals surface area contributed by atoms with Gasteiger partial charge in [-0.3, -0.25) is 0 Å². The minimum atomic E-state index is -1.85. The first kappa shape index (κ1) is 41.0. The molecule has 0 heterocycles. The van der Waals surface area contributed by atoms with Crippen molar-refractivity contribution in [2.24, 2.45) is 0 Å². The van der Waals surface area contributed by atoms with E-state index in [1.807, 2.05) is 0 Å². The van der Waals surface area contributed by atoms with Crippen LogP contribution in [-0.4, -0.2) is 67.0 Å². The molecule has 0 aliphatic carbocycles. The smallest absolute Gasteiger partial charge is 0.311 e. The van der Waals surface area contributed by atoms with Crippen LogP contribution in [0, 0.1) is 0 Å². The molecule has 5 nitrogen and oxygen atoms in total. The van der Waals surface area contributed by atoms with Gasteiger partial charge in [0.25, 0.3) is 0 Å². The van der Waals surface area contributed by atoms with Crippen molar-refractivity contribution in [2.45, 2.75) is 144 Å². The molecule has 0 aromatic carbocycles. The van der Waals surface area contributed by atoms with Gasteiger partial charge in [0.2, 0.25) is 0 Å². The maximum absolute atomic E-state index is 6.09. The van der Waals surface area contributed by atoms with Crippen LogP contribution < -0.4 is 0 Å². The van der Waals surface area contributed by atoms with Crippen molar-refractivity contribution in [3.05, 3.63) is 0 Å². The Hall–Kier alpha value is 1.54. The van der Waals surface area contributed by atoms with Gasteiger partial charge in [0.15, 0.2) is 49.9 Å². The van der Waals surface area contributed by atoms with Crippen molar-refractivity contribution < 1.29 is 20.6 Å². The van der Waals surface area contributed by atoms with Crippen LogP contribution in [0.15, 0.2) is 0 Å². The first-order chi connectivity index (χ1) is 14.5. The van der Waals surface area contributed by atoms with Gasteiger partial charge in [-0.05, 0) is 144 Å². The van der Waals surface area contributed by atoms with Crippen LogP contribution in [0.25, 0.3) is 0 Å². The quantitative estimate of drug-likeness (QED) is 0.224. The lowest BCUT2D eigenvalue weighted by Crippen LogP contribution is -2.50. The summed E-state index contributed by atoms with van der Waals surface area (Å²) in [6.07, 6.45) is 0. The Morgan fingerprint density at radius 1 is 0.200 bits per heavy atom. The molecule has 0 aliphatic heterocycles. The van der Waals surface area contributed by atoms with E-state index in [9.17, 15) is 0 Å². The molecule has 0 N–H and O–H groups in total. The molecule has 0 atom stereocenters. The third kappa shape index (κ3) is 40.2. The van der Waals surface area contributed by atoms with Crippen molar-refractivity contribution >= 4 is 67.0 Å². The molecule has 0 spiro atoms. The highest BCUT2D eigenvalue weighted by Gasteiger charge is 2.36. The molecular weight excluding hydrogens is 569 g/mol. The third-order valence-electron chi connectivity index (χ3n) is 2.82.